The highest BCUT2D eigenvalue weighted by Gasteiger charge is 2.67. The van der Waals surface area contributed by atoms with Crippen LogP contribution in [0.1, 0.15) is 11.1 Å². The van der Waals surface area contributed by atoms with E-state index in [0.717, 1.165) is 0 Å². The standard InChI is InChI=1S/C22H12Cl4N2O6/c1-27-20(29)21(11-5-3-2-4-6-11)32-18-16(25)14(23)15(24)17(26)19(18)33-22(27,34-21)12-7-9-13(10-8-12)28(30)31/h2-10H,1H3. The molecule has 1 saturated heterocycles. The van der Waals surface area contributed by atoms with Crippen LogP contribution in [0, 0.1) is 10.1 Å². The van der Waals surface area contributed by atoms with Gasteiger partial charge < -0.3 is 9.47 Å². The molecule has 0 N–H and O–H groups in total. The van der Waals surface area contributed by atoms with Crippen LogP contribution < -0.4 is 9.47 Å². The Morgan fingerprint density at radius 2 is 1.38 bits per heavy atom. The number of hydrogen-bond acceptors (Lipinski definition) is 6. The summed E-state index contributed by atoms with van der Waals surface area (Å²) in [7, 11) is 1.44. The molecule has 5 rings (SSSR count). The molecule has 2 aliphatic heterocycles. The predicted octanol–water partition coefficient (Wildman–Crippen LogP) is 6.13. The van der Waals surface area contributed by atoms with Crippen molar-refractivity contribution in [3.8, 4) is 11.5 Å². The van der Waals surface area contributed by atoms with Crippen LogP contribution in [-0.4, -0.2) is 22.8 Å². The van der Waals surface area contributed by atoms with E-state index in [1.54, 1.807) is 30.3 Å². The van der Waals surface area contributed by atoms with Crippen molar-refractivity contribution in [2.24, 2.45) is 0 Å². The number of likely N-dealkylation sites (N-methyl/N-ethyl adjacent to an activating group) is 1. The fourth-order valence-electron chi connectivity index (χ4n) is 3.88. The molecule has 8 nitrogen and oxygen atoms in total. The van der Waals surface area contributed by atoms with Crippen LogP contribution in [0.4, 0.5) is 5.69 Å². The first-order valence-electron chi connectivity index (χ1n) is 9.65. The third kappa shape index (κ3) is 3.07. The number of halogens is 4. The Balaban J connectivity index is 1.83. The first-order valence-corrected chi connectivity index (χ1v) is 11.2. The lowest BCUT2D eigenvalue weighted by molar-refractivity contribution is -0.384. The van der Waals surface area contributed by atoms with E-state index < -0.39 is 22.5 Å². The third-order valence-corrected chi connectivity index (χ3v) is 7.34. The normalized spacial score (nSPS) is 23.1. The monoisotopic (exact) mass is 540 g/mol. The number of nitro benzene ring substituents is 1. The van der Waals surface area contributed by atoms with E-state index in [9.17, 15) is 14.9 Å². The fraction of sp³-hybridized carbons (Fsp3) is 0.136. The fourth-order valence-corrected chi connectivity index (χ4v) is 4.77. The van der Waals surface area contributed by atoms with E-state index in [1.807, 2.05) is 0 Å². The van der Waals surface area contributed by atoms with E-state index in [2.05, 4.69) is 0 Å². The van der Waals surface area contributed by atoms with Crippen molar-refractivity contribution in [2.45, 2.75) is 11.7 Å². The lowest BCUT2D eigenvalue weighted by Gasteiger charge is -2.34. The van der Waals surface area contributed by atoms with Crippen LogP contribution in [0.25, 0.3) is 0 Å². The summed E-state index contributed by atoms with van der Waals surface area (Å²) in [5.74, 6) is -4.88. The molecule has 12 heteroatoms. The van der Waals surface area contributed by atoms with Crippen LogP contribution >= 0.6 is 46.4 Å². The molecule has 2 atom stereocenters. The van der Waals surface area contributed by atoms with Crippen LogP contribution in [-0.2, 0) is 21.2 Å². The Morgan fingerprint density at radius 1 is 0.824 bits per heavy atom. The van der Waals surface area contributed by atoms with Crippen molar-refractivity contribution in [3.05, 3.63) is 95.9 Å². The maximum Gasteiger partial charge on any atom is 0.329 e. The number of hydrogen-bond donors (Lipinski definition) is 0. The average molecular weight is 542 g/mol. The molecule has 3 aromatic rings. The number of benzene rings is 3. The molecule has 1 fully saturated rings. The van der Waals surface area contributed by atoms with Crippen molar-refractivity contribution < 1.29 is 23.9 Å². The second-order valence-corrected chi connectivity index (χ2v) is 8.96. The Morgan fingerprint density at radius 3 is 1.94 bits per heavy atom. The Hall–Kier alpha value is -2.75. The summed E-state index contributed by atoms with van der Waals surface area (Å²) in [6.07, 6.45) is 0. The summed E-state index contributed by atoms with van der Waals surface area (Å²) < 4.78 is 18.7. The van der Waals surface area contributed by atoms with E-state index in [-0.39, 0.29) is 42.8 Å². The first kappa shape index (κ1) is 23.0. The molecule has 0 saturated carbocycles. The maximum absolute atomic E-state index is 13.7. The SMILES string of the molecule is CN1C(=O)C2(c3ccccc3)Oc3c(Cl)c(Cl)c(Cl)c(Cl)c3OC1(c1ccc([N+](=O)[O-])cc1)O2. The minimum absolute atomic E-state index is 0.0879. The van der Waals surface area contributed by atoms with Crippen molar-refractivity contribution in [1.82, 2.24) is 4.90 Å². The zero-order valence-electron chi connectivity index (χ0n) is 17.1. The number of nitrogens with zero attached hydrogens (tertiary/aromatic N) is 2. The van der Waals surface area contributed by atoms with Gasteiger partial charge in [-0.15, -0.1) is 0 Å². The van der Waals surface area contributed by atoms with Crippen molar-refractivity contribution in [3.63, 3.8) is 0 Å². The summed E-state index contributed by atoms with van der Waals surface area (Å²) in [5.41, 5.74) is 0.425. The Bertz CT molecular complexity index is 1350. The van der Waals surface area contributed by atoms with Gasteiger partial charge in [-0.3, -0.25) is 24.5 Å². The van der Waals surface area contributed by atoms with E-state index in [1.165, 1.54) is 36.2 Å². The molecular formula is C22H12Cl4N2O6. The van der Waals surface area contributed by atoms with Gasteiger partial charge in [-0.05, 0) is 12.1 Å². The average Bonchev–Trinajstić information content (AvgIpc) is 2.98. The molecule has 0 spiro atoms. The second-order valence-electron chi connectivity index (χ2n) is 7.45. The smallest absolute Gasteiger partial charge is 0.329 e. The molecule has 2 bridgehead atoms. The molecular weight excluding hydrogens is 530 g/mol. The van der Waals surface area contributed by atoms with Gasteiger partial charge in [-0.25, -0.2) is 0 Å². The van der Waals surface area contributed by atoms with Gasteiger partial charge in [-0.1, -0.05) is 76.7 Å². The number of carbonyl (C=O) groups is 1. The van der Waals surface area contributed by atoms with Gasteiger partial charge in [0.1, 0.15) is 10.0 Å². The maximum atomic E-state index is 13.7. The lowest BCUT2D eigenvalue weighted by Crippen LogP contribution is -2.47. The summed E-state index contributed by atoms with van der Waals surface area (Å²) in [6.45, 7) is 0. The molecule has 0 aromatic heterocycles. The van der Waals surface area contributed by atoms with Gasteiger partial charge in [0.05, 0.1) is 15.0 Å². The van der Waals surface area contributed by atoms with E-state index in [0.29, 0.717) is 5.56 Å². The molecule has 174 valence electrons. The summed E-state index contributed by atoms with van der Waals surface area (Å²) in [5, 5.41) is 10.7. The number of amides is 1. The molecule has 2 unspecified atom stereocenters. The molecule has 3 aromatic carbocycles. The van der Waals surface area contributed by atoms with Gasteiger partial charge in [-0.2, -0.15) is 0 Å². The van der Waals surface area contributed by atoms with Crippen molar-refractivity contribution in [1.29, 1.82) is 0 Å². The summed E-state index contributed by atoms with van der Waals surface area (Å²) >= 11 is 25.4. The number of fused-ring (bicyclic) bond motifs is 3. The second kappa shape index (κ2) is 7.90. The summed E-state index contributed by atoms with van der Waals surface area (Å²) in [6, 6.07) is 13.8. The van der Waals surface area contributed by atoms with Gasteiger partial charge in [0.15, 0.2) is 11.5 Å². The van der Waals surface area contributed by atoms with Gasteiger partial charge >= 0.3 is 17.6 Å². The zero-order chi connectivity index (χ0) is 24.4. The van der Waals surface area contributed by atoms with Crippen molar-refractivity contribution in [2.75, 3.05) is 7.05 Å². The number of non-ortho nitro benzene ring substituents is 1. The number of rotatable bonds is 3. The quantitative estimate of drug-likeness (QED) is 0.171. The van der Waals surface area contributed by atoms with Crippen molar-refractivity contribution >= 4 is 58.0 Å². The van der Waals surface area contributed by atoms with Crippen LogP contribution in [0.5, 0.6) is 11.5 Å². The highest BCUT2D eigenvalue weighted by molar-refractivity contribution is 6.53. The molecule has 1 amide bonds. The summed E-state index contributed by atoms with van der Waals surface area (Å²) in [4.78, 5) is 25.5. The topological polar surface area (TPSA) is 91.1 Å². The van der Waals surface area contributed by atoms with Gasteiger partial charge in [0.25, 0.3) is 5.69 Å². The number of ether oxygens (including phenoxy) is 3. The number of nitro groups is 1. The zero-order valence-corrected chi connectivity index (χ0v) is 20.1. The molecule has 0 radical (unpaired) electrons. The highest BCUT2D eigenvalue weighted by Crippen LogP contribution is 2.59. The molecule has 2 aliphatic rings. The van der Waals surface area contributed by atoms with E-state index in [4.69, 9.17) is 60.6 Å². The first-order chi connectivity index (χ1) is 16.1. The van der Waals surface area contributed by atoms with Crippen LogP contribution in [0.15, 0.2) is 54.6 Å². The number of carbonyl (C=O) groups excluding carboxylic acids is 1. The molecule has 0 aliphatic carbocycles. The minimum Gasteiger partial charge on any atom is -0.443 e. The highest BCUT2D eigenvalue weighted by atomic mass is 35.5. The van der Waals surface area contributed by atoms with Crippen LogP contribution in [0.3, 0.4) is 0 Å². The third-order valence-electron chi connectivity index (χ3n) is 5.58. The Labute approximate surface area is 212 Å². The van der Waals surface area contributed by atoms with Gasteiger partial charge in [0, 0.05) is 30.3 Å². The van der Waals surface area contributed by atoms with E-state index >= 15 is 0 Å². The predicted molar refractivity (Wildman–Crippen MR) is 124 cm³/mol. The largest absolute Gasteiger partial charge is 0.443 e. The molecule has 34 heavy (non-hydrogen) atoms. The van der Waals surface area contributed by atoms with Crippen LogP contribution in [0.2, 0.25) is 20.1 Å². The minimum atomic E-state index is -2.05. The lowest BCUT2D eigenvalue weighted by atomic mass is 10.0. The molecule has 2 heterocycles. The Kier molecular flexibility index (Phi) is 5.34. The van der Waals surface area contributed by atoms with Gasteiger partial charge in [0.2, 0.25) is 0 Å².